The molecule has 0 saturated carbocycles. The Morgan fingerprint density at radius 3 is 1.91 bits per heavy atom. The molecule has 0 bridgehead atoms. The third-order valence-electron chi connectivity index (χ3n) is 6.92. The molecule has 0 spiro atoms. The Morgan fingerprint density at radius 1 is 0.750 bits per heavy atom. The van der Waals surface area contributed by atoms with E-state index in [2.05, 4.69) is 21.2 Å². The molecule has 0 saturated heterocycles. The van der Waals surface area contributed by atoms with Gasteiger partial charge in [-0.2, -0.15) is 0 Å². The molecule has 0 aliphatic carbocycles. The maximum atomic E-state index is 14.2. The van der Waals surface area contributed by atoms with Crippen molar-refractivity contribution in [2.75, 3.05) is 14.2 Å². The Kier molecular flexibility index (Phi) is 11.5. The number of carbonyl (C=O) groups is 3. The highest BCUT2D eigenvalue weighted by molar-refractivity contribution is 9.10. The number of thioether (sulfide) groups is 1. The van der Waals surface area contributed by atoms with E-state index in [4.69, 9.17) is 18.9 Å². The molecule has 2 atom stereocenters. The van der Waals surface area contributed by atoms with Gasteiger partial charge in [-0.05, 0) is 66.1 Å². The van der Waals surface area contributed by atoms with E-state index >= 15 is 0 Å². The van der Waals surface area contributed by atoms with Gasteiger partial charge in [0.2, 0.25) is 5.12 Å². The van der Waals surface area contributed by atoms with E-state index in [1.807, 2.05) is 30.3 Å². The van der Waals surface area contributed by atoms with Crippen LogP contribution in [0.5, 0.6) is 11.5 Å². The normalized spacial score (nSPS) is 12.7. The van der Waals surface area contributed by atoms with Gasteiger partial charge in [-0.15, -0.1) is 0 Å². The highest BCUT2D eigenvalue weighted by Gasteiger charge is 2.52. The molecule has 228 valence electrons. The number of hydrogen-bond donors (Lipinski definition) is 1. The van der Waals surface area contributed by atoms with E-state index in [1.54, 1.807) is 87.0 Å². The smallest absolute Gasteiger partial charge is 0.408 e. The molecule has 0 aromatic heterocycles. The second-order valence-electron chi connectivity index (χ2n) is 9.85. The van der Waals surface area contributed by atoms with Crippen molar-refractivity contribution < 1.29 is 33.3 Å². The van der Waals surface area contributed by atoms with Crippen molar-refractivity contribution in [1.29, 1.82) is 0 Å². The number of nitrogens with one attached hydrogen (secondary N) is 1. The topological polar surface area (TPSA) is 100 Å². The van der Waals surface area contributed by atoms with Gasteiger partial charge in [0.05, 0.1) is 20.3 Å². The third-order valence-corrected chi connectivity index (χ3v) is 8.76. The molecule has 1 amide bonds. The molecule has 4 aromatic rings. The summed E-state index contributed by atoms with van der Waals surface area (Å²) < 4.78 is 22.3. The van der Waals surface area contributed by atoms with Crippen molar-refractivity contribution in [1.82, 2.24) is 5.32 Å². The zero-order valence-corrected chi connectivity index (χ0v) is 26.9. The lowest BCUT2D eigenvalue weighted by Gasteiger charge is -2.35. The molecule has 0 radical (unpaired) electrons. The first-order chi connectivity index (χ1) is 21.2. The van der Waals surface area contributed by atoms with Gasteiger partial charge in [-0.1, -0.05) is 88.4 Å². The lowest BCUT2D eigenvalue weighted by atomic mass is 9.79. The Hall–Kier alpha value is -4.28. The fourth-order valence-electron chi connectivity index (χ4n) is 4.32. The molecule has 0 heterocycles. The maximum Gasteiger partial charge on any atom is 0.408 e. The molecular weight excluding hydrogens is 646 g/mol. The van der Waals surface area contributed by atoms with Gasteiger partial charge in [0, 0.05) is 9.37 Å². The number of alkyl carbamates (subject to hydrolysis) is 1. The molecule has 0 aliphatic rings. The molecule has 0 fully saturated rings. The maximum absolute atomic E-state index is 14.2. The summed E-state index contributed by atoms with van der Waals surface area (Å²) in [6.07, 6.45) is -0.800. The fraction of sp³-hybridized carbons (Fsp3) is 0.206. The summed E-state index contributed by atoms with van der Waals surface area (Å²) >= 11 is 4.41. The van der Waals surface area contributed by atoms with Crippen LogP contribution < -0.4 is 14.8 Å². The van der Waals surface area contributed by atoms with Crippen LogP contribution in [0.4, 0.5) is 4.79 Å². The highest BCUT2D eigenvalue weighted by atomic mass is 79.9. The standard InChI is InChI=1S/C34H32BrNO7S/c1-34(32(38)44-27-19-17-26(41-3)18-20-27,31(37)42-21-24-13-15-25(40-2)16-14-24)30(28-11-7-8-12-29(28)35)36-33(39)43-22-23-9-5-4-6-10-23/h4-20,30H,21-22H2,1-3H3,(H,36,39)/t30-,34-/m0/s1. The first-order valence-corrected chi connectivity index (χ1v) is 15.2. The summed E-state index contributed by atoms with van der Waals surface area (Å²) in [4.78, 5) is 42.1. The number of esters is 1. The van der Waals surface area contributed by atoms with Gasteiger partial charge in [-0.3, -0.25) is 9.59 Å². The predicted molar refractivity (Wildman–Crippen MR) is 171 cm³/mol. The summed E-state index contributed by atoms with van der Waals surface area (Å²) in [7, 11) is 3.11. The largest absolute Gasteiger partial charge is 0.497 e. The van der Waals surface area contributed by atoms with Crippen molar-refractivity contribution in [2.24, 2.45) is 5.41 Å². The monoisotopic (exact) mass is 677 g/mol. The summed E-state index contributed by atoms with van der Waals surface area (Å²) in [5.41, 5.74) is 0.0845. The number of carbonyl (C=O) groups excluding carboxylic acids is 3. The molecular formula is C34H32BrNO7S. The Balaban J connectivity index is 1.68. The summed E-state index contributed by atoms with van der Waals surface area (Å²) in [5.74, 6) is 0.462. The zero-order valence-electron chi connectivity index (χ0n) is 24.5. The number of amides is 1. The quantitative estimate of drug-likeness (QED) is 0.0935. The number of halogens is 1. The van der Waals surface area contributed by atoms with E-state index in [-0.39, 0.29) is 13.2 Å². The second-order valence-corrected chi connectivity index (χ2v) is 11.8. The van der Waals surface area contributed by atoms with Crippen molar-refractivity contribution in [3.05, 3.63) is 124 Å². The molecule has 44 heavy (non-hydrogen) atoms. The summed E-state index contributed by atoms with van der Waals surface area (Å²) in [6.45, 7) is 1.38. The van der Waals surface area contributed by atoms with Crippen LogP contribution >= 0.6 is 27.7 Å². The molecule has 8 nitrogen and oxygen atoms in total. The minimum absolute atomic E-state index is 0.00251. The number of rotatable bonds is 12. The molecule has 10 heteroatoms. The zero-order chi connectivity index (χ0) is 31.5. The van der Waals surface area contributed by atoms with Crippen LogP contribution in [0.25, 0.3) is 0 Å². The predicted octanol–water partition coefficient (Wildman–Crippen LogP) is 7.50. The van der Waals surface area contributed by atoms with Gasteiger partial charge in [0.1, 0.15) is 24.7 Å². The van der Waals surface area contributed by atoms with Crippen molar-refractivity contribution in [3.63, 3.8) is 0 Å². The van der Waals surface area contributed by atoms with Crippen molar-refractivity contribution >= 4 is 44.9 Å². The average molecular weight is 679 g/mol. The van der Waals surface area contributed by atoms with E-state index < -0.39 is 28.6 Å². The van der Waals surface area contributed by atoms with Crippen LogP contribution in [0.1, 0.15) is 29.7 Å². The van der Waals surface area contributed by atoms with E-state index in [1.165, 1.54) is 6.92 Å². The number of methoxy groups -OCH3 is 2. The Labute approximate surface area is 269 Å². The fourth-order valence-corrected chi connectivity index (χ4v) is 5.73. The minimum Gasteiger partial charge on any atom is -0.497 e. The van der Waals surface area contributed by atoms with E-state index in [9.17, 15) is 14.4 Å². The van der Waals surface area contributed by atoms with Crippen LogP contribution in [0, 0.1) is 5.41 Å². The number of benzene rings is 4. The SMILES string of the molecule is COc1ccc(COC(=O)[C@@](C)(C(=O)Sc2ccc(OC)cc2)[C@@H](NC(=O)OCc2ccccc2)c2ccccc2Br)cc1. The van der Waals surface area contributed by atoms with Crippen molar-refractivity contribution in [2.45, 2.75) is 31.1 Å². The third kappa shape index (κ3) is 8.21. The number of hydrogen-bond acceptors (Lipinski definition) is 8. The van der Waals surface area contributed by atoms with E-state index in [0.717, 1.165) is 17.3 Å². The van der Waals surface area contributed by atoms with Crippen LogP contribution in [0.2, 0.25) is 0 Å². The molecule has 0 unspecified atom stereocenters. The van der Waals surface area contributed by atoms with Gasteiger partial charge < -0.3 is 24.3 Å². The van der Waals surface area contributed by atoms with Crippen LogP contribution in [0.15, 0.2) is 112 Å². The second kappa shape index (κ2) is 15.4. The van der Waals surface area contributed by atoms with Gasteiger partial charge in [0.25, 0.3) is 0 Å². The van der Waals surface area contributed by atoms with Gasteiger partial charge >= 0.3 is 12.1 Å². The minimum atomic E-state index is -1.90. The number of ether oxygens (including phenoxy) is 4. The van der Waals surface area contributed by atoms with Crippen LogP contribution in [-0.2, 0) is 32.3 Å². The van der Waals surface area contributed by atoms with Crippen molar-refractivity contribution in [3.8, 4) is 11.5 Å². The Bertz CT molecular complexity index is 1570. The average Bonchev–Trinajstić information content (AvgIpc) is 3.06. The van der Waals surface area contributed by atoms with Crippen LogP contribution in [0.3, 0.4) is 0 Å². The molecule has 4 aromatic carbocycles. The first kappa shape index (κ1) is 32.6. The lowest BCUT2D eigenvalue weighted by molar-refractivity contribution is -0.160. The van der Waals surface area contributed by atoms with Gasteiger partial charge in [-0.25, -0.2) is 4.79 Å². The van der Waals surface area contributed by atoms with Crippen LogP contribution in [-0.4, -0.2) is 31.4 Å². The van der Waals surface area contributed by atoms with Gasteiger partial charge in [0.15, 0.2) is 5.41 Å². The molecule has 0 aliphatic heterocycles. The lowest BCUT2D eigenvalue weighted by Crippen LogP contribution is -2.49. The summed E-state index contributed by atoms with van der Waals surface area (Å²) in [5, 5.41) is 2.27. The first-order valence-electron chi connectivity index (χ1n) is 13.6. The highest BCUT2D eigenvalue weighted by Crippen LogP contribution is 2.44. The molecule has 4 rings (SSSR count). The molecule has 1 N–H and O–H groups in total. The Morgan fingerprint density at radius 2 is 1.30 bits per heavy atom. The summed E-state index contributed by atoms with van der Waals surface area (Å²) in [6, 6.07) is 29.0. The van der Waals surface area contributed by atoms with E-state index in [0.29, 0.717) is 32.0 Å².